The average molecular weight is 262 g/mol. The number of carbonyl (C=O) groups is 1. The SMILES string of the molecule is O=C(O)C1CC/C(=C\[N+](=O)[O-])N1Cc1ccccc1. The molecule has 0 radical (unpaired) electrons. The second-order valence-electron chi connectivity index (χ2n) is 4.41. The third-order valence-electron chi connectivity index (χ3n) is 3.15. The van der Waals surface area contributed by atoms with E-state index >= 15 is 0 Å². The lowest BCUT2D eigenvalue weighted by Gasteiger charge is -2.24. The van der Waals surface area contributed by atoms with Crippen LogP contribution in [0.5, 0.6) is 0 Å². The number of carboxylic acid groups (broad SMARTS) is 1. The highest BCUT2D eigenvalue weighted by Crippen LogP contribution is 2.29. The van der Waals surface area contributed by atoms with Crippen molar-refractivity contribution in [2.75, 3.05) is 0 Å². The maximum Gasteiger partial charge on any atom is 0.326 e. The fourth-order valence-corrected chi connectivity index (χ4v) is 2.29. The van der Waals surface area contributed by atoms with Crippen molar-refractivity contribution in [1.82, 2.24) is 4.90 Å². The van der Waals surface area contributed by atoms with Crippen molar-refractivity contribution in [2.24, 2.45) is 0 Å². The number of nitrogens with zero attached hydrogens (tertiary/aromatic N) is 2. The second kappa shape index (κ2) is 5.51. The lowest BCUT2D eigenvalue weighted by Crippen LogP contribution is -2.34. The van der Waals surface area contributed by atoms with Gasteiger partial charge < -0.3 is 10.0 Å². The lowest BCUT2D eigenvalue weighted by atomic mass is 10.2. The van der Waals surface area contributed by atoms with E-state index < -0.39 is 16.9 Å². The highest BCUT2D eigenvalue weighted by Gasteiger charge is 2.34. The number of rotatable bonds is 4. The van der Waals surface area contributed by atoms with Crippen molar-refractivity contribution in [3.05, 3.63) is 57.9 Å². The Labute approximate surface area is 110 Å². The van der Waals surface area contributed by atoms with Gasteiger partial charge in [-0.15, -0.1) is 0 Å². The minimum absolute atomic E-state index is 0.372. The zero-order chi connectivity index (χ0) is 13.8. The number of hydrogen-bond acceptors (Lipinski definition) is 4. The third kappa shape index (κ3) is 3.09. The first-order valence-corrected chi connectivity index (χ1v) is 5.95. The minimum atomic E-state index is -0.942. The normalized spacial score (nSPS) is 20.7. The van der Waals surface area contributed by atoms with Crippen LogP contribution in [-0.4, -0.2) is 26.9 Å². The molecule has 1 saturated heterocycles. The monoisotopic (exact) mass is 262 g/mol. The minimum Gasteiger partial charge on any atom is -0.480 e. The molecule has 0 aliphatic carbocycles. The summed E-state index contributed by atoms with van der Waals surface area (Å²) in [6.07, 6.45) is 1.73. The van der Waals surface area contributed by atoms with E-state index in [0.29, 0.717) is 25.1 Å². The summed E-state index contributed by atoms with van der Waals surface area (Å²) in [5.41, 5.74) is 1.41. The van der Waals surface area contributed by atoms with Crippen LogP contribution in [0.25, 0.3) is 0 Å². The van der Waals surface area contributed by atoms with Gasteiger partial charge in [0, 0.05) is 6.54 Å². The van der Waals surface area contributed by atoms with E-state index in [4.69, 9.17) is 0 Å². The standard InChI is InChI=1S/C13H14N2O4/c16-13(17)12-7-6-11(9-15(18)19)14(12)8-10-4-2-1-3-5-10/h1-5,9,12H,6-8H2,(H,16,17)/b11-9+. The van der Waals surface area contributed by atoms with Crippen molar-refractivity contribution < 1.29 is 14.8 Å². The maximum atomic E-state index is 11.2. The smallest absolute Gasteiger partial charge is 0.326 e. The third-order valence-corrected chi connectivity index (χ3v) is 3.15. The molecule has 1 aliphatic rings. The van der Waals surface area contributed by atoms with E-state index in [2.05, 4.69) is 0 Å². The molecule has 6 nitrogen and oxygen atoms in total. The van der Waals surface area contributed by atoms with Gasteiger partial charge in [-0.2, -0.15) is 0 Å². The van der Waals surface area contributed by atoms with Crippen LogP contribution in [0.3, 0.4) is 0 Å². The molecule has 1 aliphatic heterocycles. The molecule has 0 spiro atoms. The van der Waals surface area contributed by atoms with Crippen molar-refractivity contribution in [1.29, 1.82) is 0 Å². The van der Waals surface area contributed by atoms with Gasteiger partial charge >= 0.3 is 5.97 Å². The first-order valence-electron chi connectivity index (χ1n) is 5.95. The molecule has 1 fully saturated rings. The summed E-state index contributed by atoms with van der Waals surface area (Å²) >= 11 is 0. The Bertz CT molecular complexity index is 513. The van der Waals surface area contributed by atoms with E-state index in [0.717, 1.165) is 11.8 Å². The zero-order valence-electron chi connectivity index (χ0n) is 10.2. The maximum absolute atomic E-state index is 11.2. The van der Waals surface area contributed by atoms with Gasteiger partial charge in [-0.3, -0.25) is 10.1 Å². The number of benzene rings is 1. The van der Waals surface area contributed by atoms with Gasteiger partial charge in [0.15, 0.2) is 0 Å². The molecule has 100 valence electrons. The van der Waals surface area contributed by atoms with Crippen LogP contribution in [0.1, 0.15) is 18.4 Å². The van der Waals surface area contributed by atoms with E-state index in [-0.39, 0.29) is 0 Å². The number of allylic oxidation sites excluding steroid dienone is 1. The van der Waals surface area contributed by atoms with Crippen molar-refractivity contribution in [3.63, 3.8) is 0 Å². The van der Waals surface area contributed by atoms with Crippen LogP contribution in [0, 0.1) is 10.1 Å². The molecule has 0 saturated carbocycles. The largest absolute Gasteiger partial charge is 0.480 e. The first-order chi connectivity index (χ1) is 9.08. The van der Waals surface area contributed by atoms with Crippen LogP contribution in [-0.2, 0) is 11.3 Å². The molecule has 1 aromatic carbocycles. The fourth-order valence-electron chi connectivity index (χ4n) is 2.29. The Morgan fingerprint density at radius 2 is 2.16 bits per heavy atom. The molecular formula is C13H14N2O4. The summed E-state index contributed by atoms with van der Waals surface area (Å²) in [5, 5.41) is 19.8. The van der Waals surface area contributed by atoms with Gasteiger partial charge in [0.05, 0.1) is 10.6 Å². The van der Waals surface area contributed by atoms with Gasteiger partial charge in [-0.25, -0.2) is 4.79 Å². The quantitative estimate of drug-likeness (QED) is 0.661. The van der Waals surface area contributed by atoms with Crippen molar-refractivity contribution in [2.45, 2.75) is 25.4 Å². The molecule has 0 aromatic heterocycles. The van der Waals surface area contributed by atoms with E-state index in [1.165, 1.54) is 0 Å². The number of nitro groups is 1. The Kier molecular flexibility index (Phi) is 3.79. The van der Waals surface area contributed by atoms with Gasteiger partial charge in [-0.05, 0) is 18.4 Å². The van der Waals surface area contributed by atoms with Crippen molar-refractivity contribution in [3.8, 4) is 0 Å². The van der Waals surface area contributed by atoms with Gasteiger partial charge in [-0.1, -0.05) is 30.3 Å². The second-order valence-corrected chi connectivity index (χ2v) is 4.41. The summed E-state index contributed by atoms with van der Waals surface area (Å²) in [6, 6.07) is 8.65. The summed E-state index contributed by atoms with van der Waals surface area (Å²) in [7, 11) is 0. The molecule has 19 heavy (non-hydrogen) atoms. The summed E-state index contributed by atoms with van der Waals surface area (Å²) in [5.74, 6) is -0.942. The number of likely N-dealkylation sites (tertiary alicyclic amines) is 1. The van der Waals surface area contributed by atoms with Gasteiger partial charge in [0.1, 0.15) is 6.04 Å². The Balaban J connectivity index is 2.24. The van der Waals surface area contributed by atoms with Gasteiger partial charge in [0.2, 0.25) is 0 Å². The molecular weight excluding hydrogens is 248 g/mol. The lowest BCUT2D eigenvalue weighted by molar-refractivity contribution is -0.404. The Hall–Kier alpha value is -2.37. The zero-order valence-corrected chi connectivity index (χ0v) is 10.2. The highest BCUT2D eigenvalue weighted by molar-refractivity contribution is 5.74. The molecule has 1 heterocycles. The predicted molar refractivity (Wildman–Crippen MR) is 67.7 cm³/mol. The molecule has 0 bridgehead atoms. The van der Waals surface area contributed by atoms with Crippen LogP contribution in [0.15, 0.2) is 42.2 Å². The van der Waals surface area contributed by atoms with E-state index in [9.17, 15) is 20.0 Å². The first kappa shape index (κ1) is 13.1. The molecule has 2 rings (SSSR count). The summed E-state index contributed by atoms with van der Waals surface area (Å²) < 4.78 is 0. The molecule has 1 atom stereocenters. The summed E-state index contributed by atoms with van der Waals surface area (Å²) in [4.78, 5) is 22.8. The molecule has 0 amide bonds. The summed E-state index contributed by atoms with van der Waals surface area (Å²) in [6.45, 7) is 0.372. The number of hydrogen-bond donors (Lipinski definition) is 1. The Morgan fingerprint density at radius 3 is 2.74 bits per heavy atom. The Morgan fingerprint density at radius 1 is 1.47 bits per heavy atom. The molecule has 1 aromatic rings. The van der Waals surface area contributed by atoms with E-state index in [1.54, 1.807) is 4.90 Å². The topological polar surface area (TPSA) is 83.7 Å². The number of carboxylic acids is 1. The van der Waals surface area contributed by atoms with Crippen LogP contribution in [0.4, 0.5) is 0 Å². The van der Waals surface area contributed by atoms with Gasteiger partial charge in [0.25, 0.3) is 6.20 Å². The molecule has 6 heteroatoms. The van der Waals surface area contributed by atoms with Crippen LogP contribution in [0.2, 0.25) is 0 Å². The van der Waals surface area contributed by atoms with Crippen LogP contribution >= 0.6 is 0 Å². The van der Waals surface area contributed by atoms with Crippen molar-refractivity contribution >= 4 is 5.97 Å². The number of aliphatic carboxylic acids is 1. The molecule has 1 unspecified atom stereocenters. The van der Waals surface area contributed by atoms with E-state index in [1.807, 2.05) is 30.3 Å². The van der Waals surface area contributed by atoms with Crippen LogP contribution < -0.4 is 0 Å². The average Bonchev–Trinajstić information content (AvgIpc) is 2.73. The molecule has 1 N–H and O–H groups in total. The highest BCUT2D eigenvalue weighted by atomic mass is 16.6. The fraction of sp³-hybridized carbons (Fsp3) is 0.308. The predicted octanol–water partition coefficient (Wildman–Crippen LogP) is 1.85.